The molecule has 0 spiro atoms. The van der Waals surface area contributed by atoms with Gasteiger partial charge in [0.05, 0.1) is 19.3 Å². The molecule has 0 aliphatic rings. The first-order valence-corrected chi connectivity index (χ1v) is 6.70. The van der Waals surface area contributed by atoms with Crippen molar-refractivity contribution < 1.29 is 19.4 Å². The number of esters is 1. The van der Waals surface area contributed by atoms with Crippen LogP contribution in [0.4, 0.5) is 0 Å². The molecular formula is C14H26O4. The molecular weight excluding hydrogens is 232 g/mol. The average molecular weight is 258 g/mol. The summed E-state index contributed by atoms with van der Waals surface area (Å²) in [4.78, 5) is 10.7. The van der Waals surface area contributed by atoms with Crippen LogP contribution in [0.25, 0.3) is 0 Å². The van der Waals surface area contributed by atoms with E-state index in [2.05, 4.69) is 20.4 Å². The van der Waals surface area contributed by atoms with Gasteiger partial charge in [0.25, 0.3) is 0 Å². The molecule has 0 saturated carbocycles. The van der Waals surface area contributed by atoms with Crippen molar-refractivity contribution in [3.63, 3.8) is 0 Å². The third-order valence-corrected chi connectivity index (χ3v) is 2.86. The predicted octanol–water partition coefficient (Wildman–Crippen LogP) is 2.31. The fraction of sp³-hybridized carbons (Fsp3) is 0.786. The van der Waals surface area contributed by atoms with Gasteiger partial charge in [-0.1, -0.05) is 33.3 Å². The van der Waals surface area contributed by atoms with E-state index < -0.39 is 12.1 Å². The standard InChI is InChI=1S/C14H26O4/c1-4-8-12(5-2)13(15)11-17-9-7-10-18-14(16)6-3/h6,12-13,15H,3-5,7-11H2,1-2H3. The summed E-state index contributed by atoms with van der Waals surface area (Å²) in [5.74, 6) is -0.0994. The van der Waals surface area contributed by atoms with Crippen LogP contribution in [0.1, 0.15) is 39.5 Å². The highest BCUT2D eigenvalue weighted by molar-refractivity contribution is 5.81. The van der Waals surface area contributed by atoms with Crippen molar-refractivity contribution in [3.05, 3.63) is 12.7 Å². The average Bonchev–Trinajstić information content (AvgIpc) is 2.39. The Kier molecular flexibility index (Phi) is 10.7. The molecule has 0 radical (unpaired) electrons. The zero-order valence-corrected chi connectivity index (χ0v) is 11.6. The minimum atomic E-state index is -0.413. The Bertz CT molecular complexity index is 228. The van der Waals surface area contributed by atoms with Gasteiger partial charge in [-0.05, 0) is 12.3 Å². The van der Waals surface area contributed by atoms with Gasteiger partial charge in [-0.3, -0.25) is 0 Å². The monoisotopic (exact) mass is 258 g/mol. The van der Waals surface area contributed by atoms with E-state index in [4.69, 9.17) is 9.47 Å². The highest BCUT2D eigenvalue weighted by Gasteiger charge is 2.16. The lowest BCUT2D eigenvalue weighted by molar-refractivity contribution is -0.138. The second kappa shape index (κ2) is 11.2. The first kappa shape index (κ1) is 17.1. The van der Waals surface area contributed by atoms with Gasteiger partial charge in [0, 0.05) is 19.1 Å². The van der Waals surface area contributed by atoms with Crippen LogP contribution in [0, 0.1) is 5.92 Å². The lowest BCUT2D eigenvalue weighted by atomic mass is 9.95. The Morgan fingerprint density at radius 2 is 2.11 bits per heavy atom. The molecule has 106 valence electrons. The predicted molar refractivity (Wildman–Crippen MR) is 71.3 cm³/mol. The summed E-state index contributed by atoms with van der Waals surface area (Å²) in [5, 5.41) is 9.90. The van der Waals surface area contributed by atoms with E-state index in [0.717, 1.165) is 25.3 Å². The van der Waals surface area contributed by atoms with E-state index in [1.54, 1.807) is 0 Å². The molecule has 2 unspecified atom stereocenters. The molecule has 0 amide bonds. The minimum absolute atomic E-state index is 0.314. The quantitative estimate of drug-likeness (QED) is 0.351. The smallest absolute Gasteiger partial charge is 0.330 e. The Morgan fingerprint density at radius 3 is 2.67 bits per heavy atom. The zero-order chi connectivity index (χ0) is 13.8. The molecule has 0 heterocycles. The molecule has 0 saturated heterocycles. The maximum Gasteiger partial charge on any atom is 0.330 e. The van der Waals surface area contributed by atoms with Gasteiger partial charge in [0.1, 0.15) is 0 Å². The molecule has 0 aliphatic heterocycles. The molecule has 2 atom stereocenters. The number of ether oxygens (including phenoxy) is 2. The van der Waals surface area contributed by atoms with Crippen LogP contribution in [0.2, 0.25) is 0 Å². The highest BCUT2D eigenvalue weighted by Crippen LogP contribution is 2.15. The van der Waals surface area contributed by atoms with Crippen molar-refractivity contribution in [2.24, 2.45) is 5.92 Å². The van der Waals surface area contributed by atoms with Gasteiger partial charge in [-0.25, -0.2) is 4.79 Å². The maximum absolute atomic E-state index is 10.7. The van der Waals surface area contributed by atoms with E-state index in [9.17, 15) is 9.90 Å². The SMILES string of the molecule is C=CC(=O)OCCCOCC(O)C(CC)CCC. The third-order valence-electron chi connectivity index (χ3n) is 2.86. The summed E-state index contributed by atoms with van der Waals surface area (Å²) < 4.78 is 10.2. The van der Waals surface area contributed by atoms with Crippen molar-refractivity contribution in [2.45, 2.75) is 45.6 Å². The number of hydrogen-bond acceptors (Lipinski definition) is 4. The second-order valence-corrected chi connectivity index (χ2v) is 4.32. The van der Waals surface area contributed by atoms with Crippen molar-refractivity contribution in [1.29, 1.82) is 0 Å². The summed E-state index contributed by atoms with van der Waals surface area (Å²) in [6.45, 7) is 8.67. The van der Waals surface area contributed by atoms with Crippen LogP contribution in [-0.2, 0) is 14.3 Å². The van der Waals surface area contributed by atoms with Crippen molar-refractivity contribution in [3.8, 4) is 0 Å². The molecule has 0 rings (SSSR count). The number of aliphatic hydroxyl groups is 1. The van der Waals surface area contributed by atoms with Crippen LogP contribution in [0.15, 0.2) is 12.7 Å². The largest absolute Gasteiger partial charge is 0.462 e. The molecule has 18 heavy (non-hydrogen) atoms. The van der Waals surface area contributed by atoms with Gasteiger partial charge >= 0.3 is 5.97 Å². The topological polar surface area (TPSA) is 55.8 Å². The Labute approximate surface area is 110 Å². The molecule has 4 nitrogen and oxygen atoms in total. The van der Waals surface area contributed by atoms with Crippen molar-refractivity contribution in [1.82, 2.24) is 0 Å². The highest BCUT2D eigenvalue weighted by atomic mass is 16.5. The van der Waals surface area contributed by atoms with Gasteiger partial charge in [0.2, 0.25) is 0 Å². The zero-order valence-electron chi connectivity index (χ0n) is 11.6. The summed E-state index contributed by atoms with van der Waals surface area (Å²) in [6, 6.07) is 0. The van der Waals surface area contributed by atoms with Gasteiger partial charge in [-0.2, -0.15) is 0 Å². The minimum Gasteiger partial charge on any atom is -0.462 e. The van der Waals surface area contributed by atoms with Gasteiger partial charge in [-0.15, -0.1) is 0 Å². The number of carbonyl (C=O) groups is 1. The van der Waals surface area contributed by atoms with Crippen LogP contribution in [0.5, 0.6) is 0 Å². The molecule has 4 heteroatoms. The van der Waals surface area contributed by atoms with E-state index in [-0.39, 0.29) is 0 Å². The molecule has 1 N–H and O–H groups in total. The third kappa shape index (κ3) is 8.25. The molecule has 0 bridgehead atoms. The van der Waals surface area contributed by atoms with E-state index in [0.29, 0.717) is 32.2 Å². The summed E-state index contributed by atoms with van der Waals surface area (Å²) >= 11 is 0. The van der Waals surface area contributed by atoms with Crippen LogP contribution in [0.3, 0.4) is 0 Å². The summed E-state index contributed by atoms with van der Waals surface area (Å²) in [7, 11) is 0. The Balaban J connectivity index is 3.52. The number of rotatable bonds is 11. The first-order valence-electron chi connectivity index (χ1n) is 6.70. The van der Waals surface area contributed by atoms with Crippen molar-refractivity contribution >= 4 is 5.97 Å². The fourth-order valence-electron chi connectivity index (χ4n) is 1.77. The molecule has 0 aromatic heterocycles. The first-order chi connectivity index (χ1) is 8.65. The van der Waals surface area contributed by atoms with Crippen LogP contribution >= 0.6 is 0 Å². The van der Waals surface area contributed by atoms with Crippen LogP contribution < -0.4 is 0 Å². The van der Waals surface area contributed by atoms with E-state index in [1.807, 2.05) is 0 Å². The summed E-state index contributed by atoms with van der Waals surface area (Å²) in [5.41, 5.74) is 0. The summed E-state index contributed by atoms with van der Waals surface area (Å²) in [6.07, 6.45) is 4.45. The number of aliphatic hydroxyl groups excluding tert-OH is 1. The van der Waals surface area contributed by atoms with E-state index >= 15 is 0 Å². The number of hydrogen-bond donors (Lipinski definition) is 1. The maximum atomic E-state index is 10.7. The Morgan fingerprint density at radius 1 is 1.39 bits per heavy atom. The van der Waals surface area contributed by atoms with Gasteiger partial charge in [0.15, 0.2) is 0 Å². The fourth-order valence-corrected chi connectivity index (χ4v) is 1.77. The van der Waals surface area contributed by atoms with E-state index in [1.165, 1.54) is 0 Å². The lowest BCUT2D eigenvalue weighted by Crippen LogP contribution is -2.25. The van der Waals surface area contributed by atoms with Gasteiger partial charge < -0.3 is 14.6 Å². The normalized spacial score (nSPS) is 13.9. The molecule has 0 fully saturated rings. The second-order valence-electron chi connectivity index (χ2n) is 4.32. The molecule has 0 aliphatic carbocycles. The number of carbonyl (C=O) groups excluding carboxylic acids is 1. The van der Waals surface area contributed by atoms with Crippen LogP contribution in [-0.4, -0.2) is 37.0 Å². The molecule has 0 aromatic rings. The lowest BCUT2D eigenvalue weighted by Gasteiger charge is -2.20. The van der Waals surface area contributed by atoms with Crippen molar-refractivity contribution in [2.75, 3.05) is 19.8 Å². The molecule has 0 aromatic carbocycles. The Hall–Kier alpha value is -0.870.